The van der Waals surface area contributed by atoms with Gasteiger partial charge in [-0.25, -0.2) is 14.6 Å². The van der Waals surface area contributed by atoms with Gasteiger partial charge in [-0.05, 0) is 47.7 Å². The molecule has 0 spiro atoms. The minimum atomic E-state index is -1.13. The summed E-state index contributed by atoms with van der Waals surface area (Å²) in [6.45, 7) is 0. The van der Waals surface area contributed by atoms with Gasteiger partial charge in [0.25, 0.3) is 0 Å². The fourth-order valence-electron chi connectivity index (χ4n) is 2.58. The van der Waals surface area contributed by atoms with Gasteiger partial charge in [-0.3, -0.25) is 5.10 Å². The van der Waals surface area contributed by atoms with Gasteiger partial charge in [0.15, 0.2) is 5.82 Å². The van der Waals surface area contributed by atoms with Crippen LogP contribution in [-0.2, 0) is 9.53 Å². The van der Waals surface area contributed by atoms with Crippen LogP contribution < -0.4 is 9.47 Å². The standard InChI is InChI=1S/C21H19N3O6S/c1-28-15-9-14(10-16(11-15)29-2)18-22-21(24-23-18)31-17(19(25)26)8-12-4-6-13(7-5-12)20(27)30-3/h4-11H,1-3H3,(H,25,26)(H,22,23,24)/b17-8-. The van der Waals surface area contributed by atoms with Crippen molar-refractivity contribution in [2.75, 3.05) is 21.3 Å². The molecule has 2 aromatic carbocycles. The predicted molar refractivity (Wildman–Crippen MR) is 114 cm³/mol. The molecule has 0 aliphatic carbocycles. The summed E-state index contributed by atoms with van der Waals surface area (Å²) in [7, 11) is 4.38. The van der Waals surface area contributed by atoms with E-state index in [-0.39, 0.29) is 10.1 Å². The highest BCUT2D eigenvalue weighted by Crippen LogP contribution is 2.31. The molecular formula is C21H19N3O6S. The molecule has 0 amide bonds. The van der Waals surface area contributed by atoms with Gasteiger partial charge in [0.05, 0.1) is 26.9 Å². The highest BCUT2D eigenvalue weighted by molar-refractivity contribution is 8.04. The third-order valence-electron chi connectivity index (χ3n) is 4.13. The zero-order chi connectivity index (χ0) is 22.4. The summed E-state index contributed by atoms with van der Waals surface area (Å²) in [5, 5.41) is 16.7. The molecule has 9 nitrogen and oxygen atoms in total. The molecule has 0 atom stereocenters. The maximum absolute atomic E-state index is 11.7. The summed E-state index contributed by atoms with van der Waals surface area (Å²) in [5.74, 6) is 0.0112. The number of ether oxygens (including phenoxy) is 3. The Morgan fingerprint density at radius 1 is 1.03 bits per heavy atom. The molecule has 0 saturated heterocycles. The number of aliphatic carboxylic acids is 1. The summed E-state index contributed by atoms with van der Waals surface area (Å²) in [5.41, 5.74) is 1.65. The van der Waals surface area contributed by atoms with Crippen molar-refractivity contribution in [2.24, 2.45) is 0 Å². The number of carboxylic acids is 1. The number of carbonyl (C=O) groups excluding carboxylic acids is 1. The van der Waals surface area contributed by atoms with Crippen LogP contribution in [0.5, 0.6) is 11.5 Å². The number of aromatic amines is 1. The average Bonchev–Trinajstić information content (AvgIpc) is 3.26. The number of hydrogen-bond acceptors (Lipinski definition) is 8. The molecule has 0 saturated carbocycles. The molecule has 0 aliphatic heterocycles. The highest BCUT2D eigenvalue weighted by Gasteiger charge is 2.15. The first-order valence-corrected chi connectivity index (χ1v) is 9.72. The van der Waals surface area contributed by atoms with Crippen LogP contribution in [0.3, 0.4) is 0 Å². The first-order chi connectivity index (χ1) is 14.9. The van der Waals surface area contributed by atoms with Gasteiger partial charge in [-0.2, -0.15) is 0 Å². The van der Waals surface area contributed by atoms with Gasteiger partial charge >= 0.3 is 11.9 Å². The van der Waals surface area contributed by atoms with E-state index in [1.165, 1.54) is 13.2 Å². The van der Waals surface area contributed by atoms with Gasteiger partial charge in [0.1, 0.15) is 16.4 Å². The molecular weight excluding hydrogens is 422 g/mol. The van der Waals surface area contributed by atoms with Crippen molar-refractivity contribution < 1.29 is 28.9 Å². The second-order valence-electron chi connectivity index (χ2n) is 6.10. The number of nitrogens with zero attached hydrogens (tertiary/aromatic N) is 2. The van der Waals surface area contributed by atoms with E-state index in [1.54, 1.807) is 56.7 Å². The van der Waals surface area contributed by atoms with Crippen molar-refractivity contribution >= 4 is 29.8 Å². The number of rotatable bonds is 8. The average molecular weight is 441 g/mol. The lowest BCUT2D eigenvalue weighted by Gasteiger charge is -2.06. The minimum absolute atomic E-state index is 0.0135. The quantitative estimate of drug-likeness (QED) is 0.307. The third-order valence-corrected chi connectivity index (χ3v) is 5.01. The lowest BCUT2D eigenvalue weighted by Crippen LogP contribution is -2.00. The molecule has 160 valence electrons. The molecule has 0 radical (unpaired) electrons. The van der Waals surface area contributed by atoms with Gasteiger partial charge < -0.3 is 19.3 Å². The second kappa shape index (κ2) is 9.81. The molecule has 10 heteroatoms. The Labute approximate surface area is 182 Å². The van der Waals surface area contributed by atoms with Crippen LogP contribution in [0.2, 0.25) is 0 Å². The van der Waals surface area contributed by atoms with E-state index in [1.807, 2.05) is 0 Å². The zero-order valence-electron chi connectivity index (χ0n) is 16.9. The Kier molecular flexibility index (Phi) is 6.93. The Morgan fingerprint density at radius 3 is 2.23 bits per heavy atom. The van der Waals surface area contributed by atoms with E-state index in [0.717, 1.165) is 11.8 Å². The number of esters is 1. The minimum Gasteiger partial charge on any atom is -0.497 e. The van der Waals surface area contributed by atoms with E-state index in [4.69, 9.17) is 9.47 Å². The van der Waals surface area contributed by atoms with Crippen molar-refractivity contribution in [3.63, 3.8) is 0 Å². The third kappa shape index (κ3) is 5.43. The van der Waals surface area contributed by atoms with Crippen LogP contribution in [0.4, 0.5) is 0 Å². The van der Waals surface area contributed by atoms with Crippen LogP contribution in [-0.4, -0.2) is 53.6 Å². The summed E-state index contributed by atoms with van der Waals surface area (Å²) < 4.78 is 15.2. The number of carbonyl (C=O) groups is 2. The molecule has 31 heavy (non-hydrogen) atoms. The number of carboxylic acid groups (broad SMARTS) is 1. The fraction of sp³-hybridized carbons (Fsp3) is 0.143. The number of hydrogen-bond donors (Lipinski definition) is 2. The number of nitrogens with one attached hydrogen (secondary N) is 1. The molecule has 0 unspecified atom stereocenters. The first-order valence-electron chi connectivity index (χ1n) is 8.90. The summed E-state index contributed by atoms with van der Waals surface area (Å²) in [4.78, 5) is 27.6. The van der Waals surface area contributed by atoms with E-state index in [9.17, 15) is 14.7 Å². The van der Waals surface area contributed by atoms with Crippen molar-refractivity contribution in [2.45, 2.75) is 5.16 Å². The zero-order valence-corrected chi connectivity index (χ0v) is 17.7. The van der Waals surface area contributed by atoms with Gasteiger partial charge in [0.2, 0.25) is 5.16 Å². The monoisotopic (exact) mass is 441 g/mol. The molecule has 3 aromatic rings. The van der Waals surface area contributed by atoms with Crippen LogP contribution in [0.1, 0.15) is 15.9 Å². The van der Waals surface area contributed by atoms with Gasteiger partial charge in [-0.1, -0.05) is 12.1 Å². The summed E-state index contributed by atoms with van der Waals surface area (Å²) >= 11 is 0.896. The topological polar surface area (TPSA) is 124 Å². The molecule has 1 aromatic heterocycles. The number of H-pyrrole nitrogens is 1. The van der Waals surface area contributed by atoms with Crippen LogP contribution in [0.25, 0.3) is 17.5 Å². The van der Waals surface area contributed by atoms with Crippen LogP contribution in [0.15, 0.2) is 52.5 Å². The maximum atomic E-state index is 11.7. The van der Waals surface area contributed by atoms with Crippen molar-refractivity contribution in [1.29, 1.82) is 0 Å². The molecule has 0 aliphatic rings. The fourth-order valence-corrected chi connectivity index (χ4v) is 3.29. The number of benzene rings is 2. The molecule has 0 bridgehead atoms. The number of aromatic nitrogens is 3. The molecule has 1 heterocycles. The normalized spacial score (nSPS) is 11.1. The predicted octanol–water partition coefficient (Wildman–Crippen LogP) is 3.49. The highest BCUT2D eigenvalue weighted by atomic mass is 32.2. The largest absolute Gasteiger partial charge is 0.497 e. The lowest BCUT2D eigenvalue weighted by atomic mass is 10.1. The van der Waals surface area contributed by atoms with E-state index in [2.05, 4.69) is 19.9 Å². The summed E-state index contributed by atoms with van der Waals surface area (Å²) in [6, 6.07) is 11.6. The second-order valence-corrected chi connectivity index (χ2v) is 7.11. The molecule has 3 rings (SSSR count). The Bertz CT molecular complexity index is 1100. The first kappa shape index (κ1) is 21.9. The molecule has 2 N–H and O–H groups in total. The number of thioether (sulfide) groups is 1. The number of methoxy groups -OCH3 is 3. The van der Waals surface area contributed by atoms with Gasteiger partial charge in [0, 0.05) is 11.6 Å². The Balaban J connectivity index is 1.83. The Hall–Kier alpha value is -3.79. The van der Waals surface area contributed by atoms with E-state index >= 15 is 0 Å². The van der Waals surface area contributed by atoms with E-state index < -0.39 is 11.9 Å². The van der Waals surface area contributed by atoms with Crippen molar-refractivity contribution in [3.8, 4) is 22.9 Å². The maximum Gasteiger partial charge on any atom is 0.342 e. The summed E-state index contributed by atoms with van der Waals surface area (Å²) in [6.07, 6.45) is 1.47. The molecule has 0 fully saturated rings. The van der Waals surface area contributed by atoms with E-state index in [0.29, 0.717) is 34.0 Å². The van der Waals surface area contributed by atoms with Crippen molar-refractivity contribution in [3.05, 3.63) is 58.5 Å². The Morgan fingerprint density at radius 2 is 1.68 bits per heavy atom. The van der Waals surface area contributed by atoms with Crippen LogP contribution >= 0.6 is 11.8 Å². The van der Waals surface area contributed by atoms with Crippen LogP contribution in [0, 0.1) is 0 Å². The smallest absolute Gasteiger partial charge is 0.342 e. The SMILES string of the molecule is COC(=O)c1ccc(/C=C(\Sc2n[nH]c(-c3cc(OC)cc(OC)c3)n2)C(=O)O)cc1. The van der Waals surface area contributed by atoms with Crippen molar-refractivity contribution in [1.82, 2.24) is 15.2 Å². The lowest BCUT2D eigenvalue weighted by molar-refractivity contribution is -0.131. The van der Waals surface area contributed by atoms with Gasteiger partial charge in [-0.15, -0.1) is 5.10 Å².